The molecule has 0 aliphatic heterocycles. The molecular formula is C15H15BrN2O. The molecule has 3 nitrogen and oxygen atoms in total. The van der Waals surface area contributed by atoms with Gasteiger partial charge in [0.25, 0.3) is 5.91 Å². The van der Waals surface area contributed by atoms with Crippen LogP contribution in [0.25, 0.3) is 0 Å². The topological polar surface area (TPSA) is 42.0 Å². The number of halogens is 1. The highest BCUT2D eigenvalue weighted by Crippen LogP contribution is 2.19. The van der Waals surface area contributed by atoms with Crippen LogP contribution in [-0.2, 0) is 0 Å². The molecule has 4 heteroatoms. The summed E-state index contributed by atoms with van der Waals surface area (Å²) >= 11 is 3.41. The van der Waals surface area contributed by atoms with Crippen LogP contribution in [0.2, 0.25) is 0 Å². The Hall–Kier alpha value is -1.68. The summed E-state index contributed by atoms with van der Waals surface area (Å²) in [6, 6.07) is 11.4. The molecule has 0 bridgehead atoms. The van der Waals surface area contributed by atoms with Gasteiger partial charge in [0.2, 0.25) is 0 Å². The maximum Gasteiger partial charge on any atom is 0.251 e. The second-order valence-corrected chi connectivity index (χ2v) is 5.14. The number of rotatable bonds is 4. The molecule has 98 valence electrons. The number of benzene rings is 1. The van der Waals surface area contributed by atoms with E-state index in [1.165, 1.54) is 0 Å². The number of hydrogen-bond acceptors (Lipinski definition) is 2. The van der Waals surface area contributed by atoms with Crippen molar-refractivity contribution in [1.82, 2.24) is 10.3 Å². The zero-order chi connectivity index (χ0) is 13.7. The summed E-state index contributed by atoms with van der Waals surface area (Å²) in [6.07, 6.45) is 4.09. The van der Waals surface area contributed by atoms with Crippen LogP contribution in [-0.4, -0.2) is 10.9 Å². The number of carbonyl (C=O) groups excluding carboxylic acids is 1. The van der Waals surface area contributed by atoms with E-state index in [9.17, 15) is 4.79 Å². The van der Waals surface area contributed by atoms with Gasteiger partial charge in [-0.15, -0.1) is 0 Å². The van der Waals surface area contributed by atoms with Gasteiger partial charge in [0.15, 0.2) is 0 Å². The lowest BCUT2D eigenvalue weighted by Gasteiger charge is -2.17. The van der Waals surface area contributed by atoms with E-state index in [4.69, 9.17) is 0 Å². The second-order valence-electron chi connectivity index (χ2n) is 4.22. The first kappa shape index (κ1) is 13.7. The molecule has 0 saturated heterocycles. The fraction of sp³-hybridized carbons (Fsp3) is 0.200. The summed E-state index contributed by atoms with van der Waals surface area (Å²) in [5.74, 6) is -0.0721. The Morgan fingerprint density at radius 3 is 2.42 bits per heavy atom. The summed E-state index contributed by atoms with van der Waals surface area (Å²) < 4.78 is 1.03. The number of nitrogens with one attached hydrogen (secondary N) is 1. The van der Waals surface area contributed by atoms with Crippen LogP contribution >= 0.6 is 15.9 Å². The zero-order valence-corrected chi connectivity index (χ0v) is 12.2. The smallest absolute Gasteiger partial charge is 0.251 e. The maximum atomic E-state index is 12.1. The Labute approximate surface area is 121 Å². The van der Waals surface area contributed by atoms with Crippen molar-refractivity contribution in [3.8, 4) is 0 Å². The van der Waals surface area contributed by atoms with Gasteiger partial charge in [-0.1, -0.05) is 35.0 Å². The predicted octanol–water partition coefficient (Wildman–Crippen LogP) is 3.73. The maximum absolute atomic E-state index is 12.1. The van der Waals surface area contributed by atoms with Crippen LogP contribution in [0.3, 0.4) is 0 Å². The third kappa shape index (κ3) is 3.64. The first-order chi connectivity index (χ1) is 9.20. The van der Waals surface area contributed by atoms with Gasteiger partial charge in [0.1, 0.15) is 0 Å². The molecule has 1 amide bonds. The first-order valence-electron chi connectivity index (χ1n) is 6.17. The molecule has 1 atom stereocenters. The molecular weight excluding hydrogens is 304 g/mol. The van der Waals surface area contributed by atoms with Crippen LogP contribution in [0.5, 0.6) is 0 Å². The standard InChI is InChI=1S/C15H15BrN2O/c1-2-14(11-3-5-13(16)6-4-11)18-15(19)12-7-9-17-10-8-12/h3-10,14H,2H2,1H3,(H,18,19). The van der Waals surface area contributed by atoms with Crippen molar-refractivity contribution >= 4 is 21.8 Å². The lowest BCUT2D eigenvalue weighted by atomic mass is 10.0. The quantitative estimate of drug-likeness (QED) is 0.933. The second kappa shape index (κ2) is 6.48. The van der Waals surface area contributed by atoms with Gasteiger partial charge in [-0.3, -0.25) is 9.78 Å². The third-order valence-corrected chi connectivity index (χ3v) is 3.46. The van der Waals surface area contributed by atoms with Gasteiger partial charge in [-0.2, -0.15) is 0 Å². The third-order valence-electron chi connectivity index (χ3n) is 2.93. The predicted molar refractivity (Wildman–Crippen MR) is 78.9 cm³/mol. The Morgan fingerprint density at radius 1 is 1.21 bits per heavy atom. The number of aromatic nitrogens is 1. The van der Waals surface area contributed by atoms with Crippen molar-refractivity contribution in [1.29, 1.82) is 0 Å². The number of amides is 1. The van der Waals surface area contributed by atoms with E-state index in [0.717, 1.165) is 16.5 Å². The Balaban J connectivity index is 2.11. The Bertz CT molecular complexity index is 540. The van der Waals surface area contributed by atoms with Crippen LogP contribution < -0.4 is 5.32 Å². The van der Waals surface area contributed by atoms with Crippen molar-refractivity contribution in [2.45, 2.75) is 19.4 Å². The molecule has 1 heterocycles. The lowest BCUT2D eigenvalue weighted by molar-refractivity contribution is 0.0935. The molecule has 0 spiro atoms. The summed E-state index contributed by atoms with van der Waals surface area (Å²) in [5.41, 5.74) is 1.73. The highest BCUT2D eigenvalue weighted by atomic mass is 79.9. The molecule has 1 aromatic carbocycles. The van der Waals surface area contributed by atoms with E-state index >= 15 is 0 Å². The average Bonchev–Trinajstić information content (AvgIpc) is 2.46. The van der Waals surface area contributed by atoms with E-state index < -0.39 is 0 Å². The Morgan fingerprint density at radius 2 is 1.84 bits per heavy atom. The molecule has 19 heavy (non-hydrogen) atoms. The van der Waals surface area contributed by atoms with E-state index in [-0.39, 0.29) is 11.9 Å². The van der Waals surface area contributed by atoms with Crippen LogP contribution in [0.15, 0.2) is 53.3 Å². The van der Waals surface area contributed by atoms with Gasteiger partial charge in [-0.25, -0.2) is 0 Å². The number of pyridine rings is 1. The van der Waals surface area contributed by atoms with E-state index in [1.54, 1.807) is 24.5 Å². The largest absolute Gasteiger partial charge is 0.345 e. The molecule has 2 aromatic rings. The van der Waals surface area contributed by atoms with Crippen LogP contribution in [0.4, 0.5) is 0 Å². The lowest BCUT2D eigenvalue weighted by Crippen LogP contribution is -2.28. The SMILES string of the molecule is CCC(NC(=O)c1ccncc1)c1ccc(Br)cc1. The van der Waals surface area contributed by atoms with Gasteiger partial charge in [-0.05, 0) is 36.2 Å². The fourth-order valence-corrected chi connectivity index (χ4v) is 2.13. The number of carbonyl (C=O) groups is 1. The normalized spacial score (nSPS) is 11.9. The van der Waals surface area contributed by atoms with E-state index in [2.05, 4.69) is 33.2 Å². The first-order valence-corrected chi connectivity index (χ1v) is 6.96. The summed E-state index contributed by atoms with van der Waals surface area (Å²) in [5, 5.41) is 3.04. The summed E-state index contributed by atoms with van der Waals surface area (Å²) in [7, 11) is 0. The molecule has 0 aliphatic rings. The average molecular weight is 319 g/mol. The van der Waals surface area contributed by atoms with Crippen LogP contribution in [0, 0.1) is 0 Å². The minimum Gasteiger partial charge on any atom is -0.345 e. The van der Waals surface area contributed by atoms with Gasteiger partial charge >= 0.3 is 0 Å². The zero-order valence-electron chi connectivity index (χ0n) is 10.6. The van der Waals surface area contributed by atoms with E-state index in [1.807, 2.05) is 24.3 Å². The monoisotopic (exact) mass is 318 g/mol. The van der Waals surface area contributed by atoms with Crippen molar-refractivity contribution in [3.05, 3.63) is 64.4 Å². The highest BCUT2D eigenvalue weighted by Gasteiger charge is 2.13. The van der Waals surface area contributed by atoms with Gasteiger partial charge in [0.05, 0.1) is 6.04 Å². The molecule has 0 fully saturated rings. The molecule has 1 N–H and O–H groups in total. The number of nitrogens with zero attached hydrogens (tertiary/aromatic N) is 1. The number of hydrogen-bond donors (Lipinski definition) is 1. The van der Waals surface area contributed by atoms with Crippen LogP contribution in [0.1, 0.15) is 35.3 Å². The molecule has 0 radical (unpaired) electrons. The van der Waals surface area contributed by atoms with E-state index in [0.29, 0.717) is 5.56 Å². The van der Waals surface area contributed by atoms with Crippen molar-refractivity contribution in [3.63, 3.8) is 0 Å². The van der Waals surface area contributed by atoms with Gasteiger partial charge in [0, 0.05) is 22.4 Å². The molecule has 2 rings (SSSR count). The molecule has 1 unspecified atom stereocenters. The van der Waals surface area contributed by atoms with Crippen molar-refractivity contribution in [2.75, 3.05) is 0 Å². The molecule has 0 aliphatic carbocycles. The fourth-order valence-electron chi connectivity index (χ4n) is 1.86. The minimum absolute atomic E-state index is 0.0220. The highest BCUT2D eigenvalue weighted by molar-refractivity contribution is 9.10. The summed E-state index contributed by atoms with van der Waals surface area (Å²) in [6.45, 7) is 2.06. The molecule has 1 aromatic heterocycles. The molecule has 0 saturated carbocycles. The van der Waals surface area contributed by atoms with Crippen molar-refractivity contribution < 1.29 is 4.79 Å². The minimum atomic E-state index is -0.0721. The Kier molecular flexibility index (Phi) is 4.68. The van der Waals surface area contributed by atoms with Crippen molar-refractivity contribution in [2.24, 2.45) is 0 Å². The van der Waals surface area contributed by atoms with Gasteiger partial charge < -0.3 is 5.32 Å². The summed E-state index contributed by atoms with van der Waals surface area (Å²) in [4.78, 5) is 16.0.